The van der Waals surface area contributed by atoms with Crippen molar-refractivity contribution in [3.8, 4) is 0 Å². The zero-order valence-corrected chi connectivity index (χ0v) is 9.76. The number of hydrogen-bond acceptors (Lipinski definition) is 3. The third-order valence-electron chi connectivity index (χ3n) is 2.10. The van der Waals surface area contributed by atoms with Gasteiger partial charge in [-0.15, -0.1) is 0 Å². The van der Waals surface area contributed by atoms with Crippen molar-refractivity contribution in [3.63, 3.8) is 0 Å². The molecular formula is C10H16N2O2S. The van der Waals surface area contributed by atoms with Crippen LogP contribution in [0.2, 0.25) is 0 Å². The first-order valence-corrected chi connectivity index (χ1v) is 6.31. The highest BCUT2D eigenvalue weighted by atomic mass is 32.2. The molecule has 4 nitrogen and oxygen atoms in total. The van der Waals surface area contributed by atoms with Crippen LogP contribution in [0.25, 0.3) is 0 Å². The first-order chi connectivity index (χ1) is 6.97. The highest BCUT2D eigenvalue weighted by molar-refractivity contribution is 7.89. The molecular weight excluding hydrogens is 212 g/mol. The molecule has 0 unspecified atom stereocenters. The monoisotopic (exact) mass is 228 g/mol. The van der Waals surface area contributed by atoms with Crippen molar-refractivity contribution in [2.75, 3.05) is 12.3 Å². The Kier molecular flexibility index (Phi) is 3.71. The van der Waals surface area contributed by atoms with Gasteiger partial charge < -0.3 is 5.73 Å². The SMILES string of the molecule is CCCNS(=O)(=O)c1ccc(C)c(N)c1. The molecule has 0 aliphatic rings. The molecule has 0 saturated carbocycles. The summed E-state index contributed by atoms with van der Waals surface area (Å²) in [6.45, 7) is 4.19. The Morgan fingerprint density at radius 1 is 1.40 bits per heavy atom. The fourth-order valence-electron chi connectivity index (χ4n) is 1.11. The van der Waals surface area contributed by atoms with Crippen molar-refractivity contribution < 1.29 is 8.42 Å². The average molecular weight is 228 g/mol. The van der Waals surface area contributed by atoms with E-state index in [1.54, 1.807) is 12.1 Å². The van der Waals surface area contributed by atoms with E-state index in [0.717, 1.165) is 12.0 Å². The third kappa shape index (κ3) is 2.94. The fraction of sp³-hybridized carbons (Fsp3) is 0.400. The second kappa shape index (κ2) is 4.63. The average Bonchev–Trinajstić information content (AvgIpc) is 2.19. The summed E-state index contributed by atoms with van der Waals surface area (Å²) in [6.07, 6.45) is 0.764. The molecule has 0 saturated heterocycles. The number of hydrogen-bond donors (Lipinski definition) is 2. The van der Waals surface area contributed by atoms with Gasteiger partial charge in [0.05, 0.1) is 4.90 Å². The molecule has 0 atom stereocenters. The summed E-state index contributed by atoms with van der Waals surface area (Å²) in [6, 6.07) is 4.74. The Hall–Kier alpha value is -1.07. The highest BCUT2D eigenvalue weighted by Crippen LogP contribution is 2.16. The lowest BCUT2D eigenvalue weighted by Gasteiger charge is -2.07. The fourth-order valence-corrected chi connectivity index (χ4v) is 2.27. The molecule has 0 heterocycles. The van der Waals surface area contributed by atoms with Crippen molar-refractivity contribution in [2.45, 2.75) is 25.2 Å². The Balaban J connectivity index is 3.00. The second-order valence-corrected chi connectivity index (χ2v) is 5.18. The summed E-state index contributed by atoms with van der Waals surface area (Å²) >= 11 is 0. The Morgan fingerprint density at radius 2 is 2.07 bits per heavy atom. The predicted octanol–water partition coefficient (Wildman–Crippen LogP) is 1.27. The first kappa shape index (κ1) is 12.0. The van der Waals surface area contributed by atoms with E-state index in [1.807, 2.05) is 13.8 Å². The van der Waals surface area contributed by atoms with Crippen LogP contribution >= 0.6 is 0 Å². The smallest absolute Gasteiger partial charge is 0.240 e. The minimum atomic E-state index is -3.39. The van der Waals surface area contributed by atoms with E-state index in [2.05, 4.69) is 4.72 Å². The van der Waals surface area contributed by atoms with E-state index in [4.69, 9.17) is 5.73 Å². The number of anilines is 1. The molecule has 3 N–H and O–H groups in total. The molecule has 0 bridgehead atoms. The number of sulfonamides is 1. The molecule has 0 aliphatic carbocycles. The molecule has 5 heteroatoms. The summed E-state index contributed by atoms with van der Waals surface area (Å²) in [5, 5.41) is 0. The zero-order valence-electron chi connectivity index (χ0n) is 8.95. The molecule has 0 spiro atoms. The molecule has 1 rings (SSSR count). The van der Waals surface area contributed by atoms with Gasteiger partial charge in [-0.1, -0.05) is 13.0 Å². The summed E-state index contributed by atoms with van der Waals surface area (Å²) in [4.78, 5) is 0.221. The van der Waals surface area contributed by atoms with Gasteiger partial charge in [-0.2, -0.15) is 0 Å². The van der Waals surface area contributed by atoms with Crippen LogP contribution in [0.1, 0.15) is 18.9 Å². The molecule has 1 aromatic carbocycles. The number of nitrogens with one attached hydrogen (secondary N) is 1. The van der Waals surface area contributed by atoms with E-state index in [1.165, 1.54) is 6.07 Å². The number of rotatable bonds is 4. The molecule has 0 fully saturated rings. The van der Waals surface area contributed by atoms with Gasteiger partial charge >= 0.3 is 0 Å². The summed E-state index contributed by atoms with van der Waals surface area (Å²) in [7, 11) is -3.39. The minimum absolute atomic E-state index is 0.221. The van der Waals surface area contributed by atoms with Gasteiger partial charge in [-0.05, 0) is 31.0 Å². The number of aryl methyl sites for hydroxylation is 1. The van der Waals surface area contributed by atoms with E-state index < -0.39 is 10.0 Å². The predicted molar refractivity (Wildman–Crippen MR) is 61.1 cm³/mol. The van der Waals surface area contributed by atoms with Crippen LogP contribution in [-0.4, -0.2) is 15.0 Å². The van der Waals surface area contributed by atoms with Crippen molar-refractivity contribution in [1.82, 2.24) is 4.72 Å². The van der Waals surface area contributed by atoms with Gasteiger partial charge in [0.25, 0.3) is 0 Å². The Morgan fingerprint density at radius 3 is 2.60 bits per heavy atom. The van der Waals surface area contributed by atoms with Crippen molar-refractivity contribution >= 4 is 15.7 Å². The number of nitrogens with two attached hydrogens (primary N) is 1. The summed E-state index contributed by atoms with van der Waals surface area (Å²) in [5.41, 5.74) is 7.03. The summed E-state index contributed by atoms with van der Waals surface area (Å²) < 4.78 is 25.9. The van der Waals surface area contributed by atoms with E-state index >= 15 is 0 Å². The van der Waals surface area contributed by atoms with Crippen LogP contribution in [-0.2, 0) is 10.0 Å². The van der Waals surface area contributed by atoms with Crippen LogP contribution in [0.15, 0.2) is 23.1 Å². The van der Waals surface area contributed by atoms with Crippen LogP contribution in [0.4, 0.5) is 5.69 Å². The maximum absolute atomic E-state index is 11.7. The largest absolute Gasteiger partial charge is 0.398 e. The normalized spacial score (nSPS) is 11.6. The molecule has 0 amide bonds. The minimum Gasteiger partial charge on any atom is -0.398 e. The molecule has 0 aliphatic heterocycles. The molecule has 84 valence electrons. The molecule has 15 heavy (non-hydrogen) atoms. The van der Waals surface area contributed by atoms with Gasteiger partial charge in [0.1, 0.15) is 0 Å². The van der Waals surface area contributed by atoms with Crippen molar-refractivity contribution in [1.29, 1.82) is 0 Å². The second-order valence-electron chi connectivity index (χ2n) is 3.42. The zero-order chi connectivity index (χ0) is 11.5. The Labute approximate surface area is 90.5 Å². The van der Waals surface area contributed by atoms with Crippen LogP contribution in [0, 0.1) is 6.92 Å². The van der Waals surface area contributed by atoms with E-state index in [9.17, 15) is 8.42 Å². The Bertz CT molecular complexity index is 441. The van der Waals surface area contributed by atoms with Crippen LogP contribution in [0.5, 0.6) is 0 Å². The number of benzene rings is 1. The van der Waals surface area contributed by atoms with Crippen LogP contribution < -0.4 is 10.5 Å². The lowest BCUT2D eigenvalue weighted by molar-refractivity contribution is 0.581. The summed E-state index contributed by atoms with van der Waals surface area (Å²) in [5.74, 6) is 0. The van der Waals surface area contributed by atoms with Gasteiger partial charge in [0.15, 0.2) is 0 Å². The topological polar surface area (TPSA) is 72.2 Å². The molecule has 0 radical (unpaired) electrons. The van der Waals surface area contributed by atoms with Crippen molar-refractivity contribution in [3.05, 3.63) is 23.8 Å². The molecule has 1 aromatic rings. The molecule has 0 aromatic heterocycles. The van der Waals surface area contributed by atoms with Gasteiger partial charge in [-0.25, -0.2) is 13.1 Å². The van der Waals surface area contributed by atoms with Gasteiger partial charge in [0, 0.05) is 12.2 Å². The first-order valence-electron chi connectivity index (χ1n) is 4.83. The quantitative estimate of drug-likeness (QED) is 0.762. The number of nitrogen functional groups attached to an aromatic ring is 1. The van der Waals surface area contributed by atoms with Crippen LogP contribution in [0.3, 0.4) is 0 Å². The van der Waals surface area contributed by atoms with E-state index in [-0.39, 0.29) is 4.90 Å². The standard InChI is InChI=1S/C10H16N2O2S/c1-3-6-12-15(13,14)9-5-4-8(2)10(11)7-9/h4-5,7,12H,3,6,11H2,1-2H3. The van der Waals surface area contributed by atoms with Gasteiger partial charge in [-0.3, -0.25) is 0 Å². The maximum Gasteiger partial charge on any atom is 0.240 e. The lowest BCUT2D eigenvalue weighted by Crippen LogP contribution is -2.24. The van der Waals surface area contributed by atoms with E-state index in [0.29, 0.717) is 12.2 Å². The highest BCUT2D eigenvalue weighted by Gasteiger charge is 2.13. The lowest BCUT2D eigenvalue weighted by atomic mass is 10.2. The third-order valence-corrected chi connectivity index (χ3v) is 3.56. The maximum atomic E-state index is 11.7. The van der Waals surface area contributed by atoms with Gasteiger partial charge in [0.2, 0.25) is 10.0 Å². The van der Waals surface area contributed by atoms with Crippen molar-refractivity contribution in [2.24, 2.45) is 0 Å².